The molecule has 0 radical (unpaired) electrons. The highest BCUT2D eigenvalue weighted by Crippen LogP contribution is 2.35. The second-order valence-corrected chi connectivity index (χ2v) is 8.56. The Balaban J connectivity index is 2.30. The summed E-state index contributed by atoms with van der Waals surface area (Å²) in [5.74, 6) is 2.26. The number of hydrogen-bond acceptors (Lipinski definition) is 4. The number of hydrogen-bond donors (Lipinski definition) is 2. The maximum absolute atomic E-state index is 12.4. The molecule has 1 aliphatic rings. The van der Waals surface area contributed by atoms with E-state index in [1.807, 2.05) is 0 Å². The normalized spacial score (nSPS) is 14.9. The molecule has 0 aliphatic carbocycles. The van der Waals surface area contributed by atoms with Gasteiger partial charge in [0.15, 0.2) is 0 Å². The molecule has 5 nitrogen and oxygen atoms in total. The second-order valence-electron chi connectivity index (χ2n) is 5.35. The van der Waals surface area contributed by atoms with Crippen molar-refractivity contribution < 1.29 is 14.1 Å². The maximum Gasteiger partial charge on any atom is 0.253 e. The lowest BCUT2D eigenvalue weighted by atomic mass is 10.1. The van der Waals surface area contributed by atoms with Gasteiger partial charge in [0.05, 0.1) is 31.4 Å². The molecule has 1 aromatic carbocycles. The van der Waals surface area contributed by atoms with E-state index >= 15 is 0 Å². The third kappa shape index (κ3) is 3.87. The van der Waals surface area contributed by atoms with Gasteiger partial charge in [-0.05, 0) is 31.5 Å². The molecule has 0 aromatic heterocycles. The first-order valence-corrected chi connectivity index (χ1v) is 9.27. The van der Waals surface area contributed by atoms with Gasteiger partial charge >= 0.3 is 0 Å². The van der Waals surface area contributed by atoms with E-state index in [4.69, 9.17) is 11.2 Å². The molecule has 1 amide bonds. The number of terminal acetylenes is 1. The Labute approximate surface area is 124 Å². The van der Waals surface area contributed by atoms with Crippen molar-refractivity contribution in [1.29, 1.82) is 0 Å². The van der Waals surface area contributed by atoms with Crippen molar-refractivity contribution in [1.82, 2.24) is 5.32 Å². The van der Waals surface area contributed by atoms with Gasteiger partial charge in [0, 0.05) is 11.0 Å². The minimum Gasteiger partial charge on any atom is -0.377 e. The average Bonchev–Trinajstić information content (AvgIpc) is 2.39. The summed E-state index contributed by atoms with van der Waals surface area (Å²) in [5.41, 5.74) is 1.10. The van der Waals surface area contributed by atoms with Crippen LogP contribution in [0.1, 0.15) is 10.4 Å². The summed E-state index contributed by atoms with van der Waals surface area (Å²) in [7, 11) is -2.43. The number of carbonyl (C=O) groups excluding carboxylic acids is 1. The fraction of sp³-hybridized carbons (Fsp3) is 0.400. The van der Waals surface area contributed by atoms with E-state index in [1.54, 1.807) is 31.5 Å². The number of rotatable bonds is 5. The van der Waals surface area contributed by atoms with Crippen LogP contribution in [-0.2, 0) is 9.30 Å². The van der Waals surface area contributed by atoms with Crippen LogP contribution in [0.3, 0.4) is 0 Å². The lowest BCUT2D eigenvalue weighted by Crippen LogP contribution is -2.48. The minimum atomic E-state index is -2.43. The van der Waals surface area contributed by atoms with E-state index in [0.29, 0.717) is 36.3 Å². The Morgan fingerprint density at radius 1 is 1.48 bits per heavy atom. The number of anilines is 1. The van der Waals surface area contributed by atoms with Crippen molar-refractivity contribution in [2.45, 2.75) is 6.04 Å². The summed E-state index contributed by atoms with van der Waals surface area (Å²) >= 11 is 0. The van der Waals surface area contributed by atoms with Crippen molar-refractivity contribution in [2.24, 2.45) is 0 Å². The first-order chi connectivity index (χ1) is 9.91. The molecule has 0 atom stereocenters. The molecule has 1 aliphatic heterocycles. The predicted octanol–water partition coefficient (Wildman–Crippen LogP) is 1.11. The van der Waals surface area contributed by atoms with Crippen LogP contribution in [0.5, 0.6) is 0 Å². The monoisotopic (exact) mass is 306 g/mol. The van der Waals surface area contributed by atoms with E-state index in [1.165, 1.54) is 0 Å². The molecule has 0 bridgehead atoms. The molecule has 0 saturated carbocycles. The zero-order chi connectivity index (χ0) is 15.5. The molecule has 1 heterocycles. The third-order valence-electron chi connectivity index (χ3n) is 3.22. The topological polar surface area (TPSA) is 67.4 Å². The van der Waals surface area contributed by atoms with Gasteiger partial charge in [-0.15, -0.1) is 6.42 Å². The molecule has 1 fully saturated rings. The van der Waals surface area contributed by atoms with Crippen LogP contribution in [0.2, 0.25) is 0 Å². The summed E-state index contributed by atoms with van der Waals surface area (Å²) in [6, 6.07) is 5.23. The fourth-order valence-corrected chi connectivity index (χ4v) is 2.81. The molecular weight excluding hydrogens is 287 g/mol. The number of benzene rings is 1. The molecule has 2 N–H and O–H groups in total. The van der Waals surface area contributed by atoms with E-state index in [0.717, 1.165) is 0 Å². The number of carbonyl (C=O) groups is 1. The highest BCUT2D eigenvalue weighted by atomic mass is 31.2. The second kappa shape index (κ2) is 6.34. The first-order valence-electron chi connectivity index (χ1n) is 6.67. The lowest BCUT2D eigenvalue weighted by molar-refractivity contribution is -0.00344. The Kier molecular flexibility index (Phi) is 4.72. The third-order valence-corrected chi connectivity index (χ3v) is 4.75. The molecule has 1 saturated heterocycles. The number of amides is 1. The Bertz CT molecular complexity index is 626. The van der Waals surface area contributed by atoms with Gasteiger partial charge in [-0.3, -0.25) is 4.79 Å². The molecule has 6 heteroatoms. The van der Waals surface area contributed by atoms with Crippen molar-refractivity contribution >= 4 is 24.0 Å². The van der Waals surface area contributed by atoms with Gasteiger partial charge in [0.2, 0.25) is 0 Å². The Morgan fingerprint density at radius 3 is 2.71 bits per heavy atom. The summed E-state index contributed by atoms with van der Waals surface area (Å²) < 4.78 is 17.2. The smallest absolute Gasteiger partial charge is 0.253 e. The maximum atomic E-state index is 12.4. The quantitative estimate of drug-likeness (QED) is 0.632. The van der Waals surface area contributed by atoms with Crippen LogP contribution in [0, 0.1) is 12.3 Å². The van der Waals surface area contributed by atoms with Crippen molar-refractivity contribution in [3.8, 4) is 12.3 Å². The number of ether oxygens (including phenoxy) is 1. The zero-order valence-electron chi connectivity index (χ0n) is 12.2. The van der Waals surface area contributed by atoms with Gasteiger partial charge in [0.1, 0.15) is 7.14 Å². The first kappa shape index (κ1) is 15.6. The average molecular weight is 306 g/mol. The highest BCUT2D eigenvalue weighted by molar-refractivity contribution is 7.70. The summed E-state index contributed by atoms with van der Waals surface area (Å²) in [5, 5.41) is 6.57. The summed E-state index contributed by atoms with van der Waals surface area (Å²) in [4.78, 5) is 12.4. The van der Waals surface area contributed by atoms with Gasteiger partial charge in [-0.25, -0.2) is 0 Å². The van der Waals surface area contributed by atoms with Crippen LogP contribution in [0.25, 0.3) is 0 Å². The van der Waals surface area contributed by atoms with Crippen LogP contribution >= 0.6 is 7.14 Å². The van der Waals surface area contributed by atoms with Gasteiger partial charge < -0.3 is 19.9 Å². The van der Waals surface area contributed by atoms with E-state index in [2.05, 4.69) is 16.6 Å². The molecule has 112 valence electrons. The zero-order valence-corrected chi connectivity index (χ0v) is 13.1. The van der Waals surface area contributed by atoms with E-state index < -0.39 is 7.14 Å². The molecule has 21 heavy (non-hydrogen) atoms. The lowest BCUT2D eigenvalue weighted by Gasteiger charge is -2.27. The SMILES string of the molecule is C#CCNc1ccc(P(C)(C)=O)cc1C(=O)NC1COC1. The molecule has 0 spiro atoms. The molecule has 2 rings (SSSR count). The number of nitrogens with one attached hydrogen (secondary N) is 2. The standard InChI is InChI=1S/C15H19N2O3P/c1-4-7-16-14-6-5-12(21(2,3)19)8-13(14)15(18)17-11-9-20-10-11/h1,5-6,8,11,16H,7,9-10H2,2-3H3,(H,17,18). The van der Waals surface area contributed by atoms with Gasteiger partial charge in [-0.1, -0.05) is 5.92 Å². The fourth-order valence-electron chi connectivity index (χ4n) is 1.94. The largest absolute Gasteiger partial charge is 0.377 e. The molecule has 0 unspecified atom stereocenters. The minimum absolute atomic E-state index is 0.0386. The summed E-state index contributed by atoms with van der Waals surface area (Å²) in [6.07, 6.45) is 5.24. The predicted molar refractivity (Wildman–Crippen MR) is 84.9 cm³/mol. The van der Waals surface area contributed by atoms with E-state index in [9.17, 15) is 9.36 Å². The van der Waals surface area contributed by atoms with Gasteiger partial charge in [0.25, 0.3) is 5.91 Å². The van der Waals surface area contributed by atoms with Crippen molar-refractivity contribution in [3.05, 3.63) is 23.8 Å². The van der Waals surface area contributed by atoms with Crippen molar-refractivity contribution in [2.75, 3.05) is 38.4 Å². The molecular formula is C15H19N2O3P. The van der Waals surface area contributed by atoms with E-state index in [-0.39, 0.29) is 11.9 Å². The molecule has 1 aromatic rings. The highest BCUT2D eigenvalue weighted by Gasteiger charge is 2.23. The van der Waals surface area contributed by atoms with Crippen LogP contribution in [0.4, 0.5) is 5.69 Å². The van der Waals surface area contributed by atoms with Crippen LogP contribution in [0.15, 0.2) is 18.2 Å². The Hall–Kier alpha value is -1.76. The Morgan fingerprint density at radius 2 is 2.19 bits per heavy atom. The van der Waals surface area contributed by atoms with Crippen molar-refractivity contribution in [3.63, 3.8) is 0 Å². The van der Waals surface area contributed by atoms with Crippen LogP contribution in [-0.4, -0.2) is 45.0 Å². The summed E-state index contributed by atoms with van der Waals surface area (Å²) in [6.45, 7) is 4.73. The van der Waals surface area contributed by atoms with Gasteiger partial charge in [-0.2, -0.15) is 0 Å². The van der Waals surface area contributed by atoms with Crippen LogP contribution < -0.4 is 15.9 Å².